The zero-order valence-electron chi connectivity index (χ0n) is 16.7. The second-order valence-electron chi connectivity index (χ2n) is 7.55. The molecule has 0 saturated carbocycles. The van der Waals surface area contributed by atoms with Crippen LogP contribution in [0.25, 0.3) is 0 Å². The van der Waals surface area contributed by atoms with Crippen molar-refractivity contribution in [1.29, 1.82) is 0 Å². The summed E-state index contributed by atoms with van der Waals surface area (Å²) in [7, 11) is 0. The van der Waals surface area contributed by atoms with Gasteiger partial charge in [-0.3, -0.25) is 0 Å². The molecule has 2 nitrogen and oxygen atoms in total. The van der Waals surface area contributed by atoms with Crippen LogP contribution in [-0.2, 0) is 11.2 Å². The molecule has 1 heterocycles. The maximum atomic E-state index is 14.3. The van der Waals surface area contributed by atoms with Crippen LogP contribution in [-0.4, -0.2) is 19.3 Å². The molecule has 0 aliphatic carbocycles. The number of hydrogen-bond acceptors (Lipinski definition) is 2. The summed E-state index contributed by atoms with van der Waals surface area (Å²) in [6.45, 7) is 6.06. The van der Waals surface area contributed by atoms with E-state index in [4.69, 9.17) is 9.47 Å². The number of hydrogen-bond donors (Lipinski definition) is 0. The molecule has 1 fully saturated rings. The van der Waals surface area contributed by atoms with Gasteiger partial charge in [-0.1, -0.05) is 24.3 Å². The molecule has 0 bridgehead atoms. The Hall–Kier alpha value is -2.27. The Morgan fingerprint density at radius 3 is 2.66 bits per heavy atom. The molecule has 2 unspecified atom stereocenters. The van der Waals surface area contributed by atoms with Gasteiger partial charge < -0.3 is 9.47 Å². The van der Waals surface area contributed by atoms with Gasteiger partial charge in [0, 0.05) is 5.92 Å². The zero-order valence-corrected chi connectivity index (χ0v) is 16.7. The number of benzene rings is 2. The fourth-order valence-electron chi connectivity index (χ4n) is 3.63. The summed E-state index contributed by atoms with van der Waals surface area (Å²) in [6, 6.07) is 8.30. The summed E-state index contributed by atoms with van der Waals surface area (Å²) < 4.78 is 53.3. The molecule has 2 atom stereocenters. The maximum absolute atomic E-state index is 14.3. The summed E-state index contributed by atoms with van der Waals surface area (Å²) in [4.78, 5) is 0. The van der Waals surface area contributed by atoms with Crippen molar-refractivity contribution in [3.63, 3.8) is 0 Å². The van der Waals surface area contributed by atoms with Gasteiger partial charge in [0.05, 0.1) is 19.3 Å². The lowest BCUT2D eigenvalue weighted by Crippen LogP contribution is -2.25. The average molecular weight is 404 g/mol. The highest BCUT2D eigenvalue weighted by atomic mass is 19.2. The molecule has 156 valence electrons. The second kappa shape index (κ2) is 9.97. The topological polar surface area (TPSA) is 18.5 Å². The largest absolute Gasteiger partial charge is 0.490 e. The molecule has 0 amide bonds. The minimum Gasteiger partial charge on any atom is -0.490 e. The van der Waals surface area contributed by atoms with Crippen molar-refractivity contribution in [2.45, 2.75) is 51.0 Å². The zero-order chi connectivity index (χ0) is 20.8. The molecule has 1 aliphatic rings. The van der Waals surface area contributed by atoms with Crippen LogP contribution in [0.5, 0.6) is 5.75 Å². The molecule has 3 rings (SSSR count). The summed E-state index contributed by atoms with van der Waals surface area (Å²) in [5.41, 5.74) is 1.59. The van der Waals surface area contributed by atoms with E-state index in [0.29, 0.717) is 43.6 Å². The van der Waals surface area contributed by atoms with Gasteiger partial charge in [-0.2, -0.15) is 0 Å². The molecular formula is C24H27F3O2. The normalized spacial score (nSPS) is 19.2. The van der Waals surface area contributed by atoms with Crippen LogP contribution >= 0.6 is 0 Å². The fourth-order valence-corrected chi connectivity index (χ4v) is 3.63. The van der Waals surface area contributed by atoms with Crippen LogP contribution in [0.1, 0.15) is 48.3 Å². The standard InChI is InChI=1S/C24H27F3O2/c1-3-4-13-28-22-12-9-18(14-21(22)25)19-8-11-20(29-15-19)10-7-17-6-5-16(2)23(26)24(17)27/h3,5-6,9,12,14,19-20H,1,4,7-8,10-11,13,15H2,2H3. The van der Waals surface area contributed by atoms with Crippen molar-refractivity contribution < 1.29 is 22.6 Å². The van der Waals surface area contributed by atoms with Crippen LogP contribution in [0, 0.1) is 24.4 Å². The quantitative estimate of drug-likeness (QED) is 0.382. The lowest BCUT2D eigenvalue weighted by Gasteiger charge is -2.29. The lowest BCUT2D eigenvalue weighted by atomic mass is 9.89. The van der Waals surface area contributed by atoms with E-state index in [2.05, 4.69) is 6.58 Å². The van der Waals surface area contributed by atoms with E-state index < -0.39 is 11.6 Å². The van der Waals surface area contributed by atoms with Crippen molar-refractivity contribution in [3.8, 4) is 5.75 Å². The number of ether oxygens (including phenoxy) is 2. The van der Waals surface area contributed by atoms with E-state index in [9.17, 15) is 13.2 Å². The van der Waals surface area contributed by atoms with E-state index >= 15 is 0 Å². The third kappa shape index (κ3) is 5.41. The Morgan fingerprint density at radius 2 is 1.97 bits per heavy atom. The van der Waals surface area contributed by atoms with E-state index in [1.807, 2.05) is 6.07 Å². The van der Waals surface area contributed by atoms with Crippen LogP contribution in [0.3, 0.4) is 0 Å². The third-order valence-corrected chi connectivity index (χ3v) is 5.47. The highest BCUT2D eigenvalue weighted by Gasteiger charge is 2.24. The molecule has 2 aromatic rings. The van der Waals surface area contributed by atoms with E-state index in [-0.39, 0.29) is 23.6 Å². The monoisotopic (exact) mass is 404 g/mol. The lowest BCUT2D eigenvalue weighted by molar-refractivity contribution is -0.000726. The minimum atomic E-state index is -0.772. The van der Waals surface area contributed by atoms with Gasteiger partial charge >= 0.3 is 0 Å². The molecule has 0 radical (unpaired) electrons. The van der Waals surface area contributed by atoms with Crippen LogP contribution in [0.4, 0.5) is 13.2 Å². The van der Waals surface area contributed by atoms with Gasteiger partial charge in [-0.15, -0.1) is 6.58 Å². The first kappa shape index (κ1) is 21.4. The highest BCUT2D eigenvalue weighted by molar-refractivity contribution is 5.31. The second-order valence-corrected chi connectivity index (χ2v) is 7.55. The van der Waals surface area contributed by atoms with Crippen LogP contribution in [0.2, 0.25) is 0 Å². The van der Waals surface area contributed by atoms with Gasteiger partial charge in [0.2, 0.25) is 0 Å². The Labute approximate surface area is 170 Å². The molecular weight excluding hydrogens is 377 g/mol. The van der Waals surface area contributed by atoms with Crippen LogP contribution < -0.4 is 4.74 Å². The number of rotatable bonds is 8. The van der Waals surface area contributed by atoms with Crippen molar-refractivity contribution in [2.24, 2.45) is 0 Å². The number of aryl methyl sites for hydroxylation is 2. The number of halogens is 3. The van der Waals surface area contributed by atoms with Gasteiger partial charge in [0.15, 0.2) is 23.2 Å². The van der Waals surface area contributed by atoms with E-state index in [1.54, 1.807) is 31.2 Å². The first-order valence-electron chi connectivity index (χ1n) is 10.1. The first-order valence-corrected chi connectivity index (χ1v) is 10.1. The van der Waals surface area contributed by atoms with Gasteiger partial charge in [0.1, 0.15) is 0 Å². The van der Waals surface area contributed by atoms with Gasteiger partial charge in [-0.05, 0) is 67.9 Å². The molecule has 0 spiro atoms. The van der Waals surface area contributed by atoms with Gasteiger partial charge in [-0.25, -0.2) is 13.2 Å². The first-order chi connectivity index (χ1) is 14.0. The molecule has 5 heteroatoms. The molecule has 0 aromatic heterocycles. The Balaban J connectivity index is 1.51. The SMILES string of the molecule is C=CCCOc1ccc(C2CCC(CCc3ccc(C)c(F)c3F)OC2)cc1F. The molecule has 1 aliphatic heterocycles. The fraction of sp³-hybridized carbons (Fsp3) is 0.417. The van der Waals surface area contributed by atoms with Crippen molar-refractivity contribution in [2.75, 3.05) is 13.2 Å². The Morgan fingerprint density at radius 1 is 1.14 bits per heavy atom. The Kier molecular flexibility index (Phi) is 7.37. The maximum Gasteiger partial charge on any atom is 0.165 e. The van der Waals surface area contributed by atoms with Crippen molar-refractivity contribution in [1.82, 2.24) is 0 Å². The third-order valence-electron chi connectivity index (χ3n) is 5.47. The smallest absolute Gasteiger partial charge is 0.165 e. The van der Waals surface area contributed by atoms with E-state index in [0.717, 1.165) is 18.4 Å². The highest BCUT2D eigenvalue weighted by Crippen LogP contribution is 2.32. The molecule has 29 heavy (non-hydrogen) atoms. The Bertz CT molecular complexity index is 842. The van der Waals surface area contributed by atoms with Crippen LogP contribution in [0.15, 0.2) is 43.0 Å². The minimum absolute atomic E-state index is 0.00127. The molecule has 2 aromatic carbocycles. The van der Waals surface area contributed by atoms with Gasteiger partial charge in [0.25, 0.3) is 0 Å². The van der Waals surface area contributed by atoms with Crippen molar-refractivity contribution >= 4 is 0 Å². The summed E-state index contributed by atoms with van der Waals surface area (Å²) in [5, 5.41) is 0. The predicted molar refractivity (Wildman–Crippen MR) is 108 cm³/mol. The summed E-state index contributed by atoms with van der Waals surface area (Å²) in [6.07, 6.45) is 5.14. The predicted octanol–water partition coefficient (Wildman–Crippen LogP) is 6.26. The molecule has 1 saturated heterocycles. The summed E-state index contributed by atoms with van der Waals surface area (Å²) >= 11 is 0. The summed E-state index contributed by atoms with van der Waals surface area (Å²) in [5.74, 6) is -1.53. The van der Waals surface area contributed by atoms with E-state index in [1.165, 1.54) is 6.07 Å². The average Bonchev–Trinajstić information content (AvgIpc) is 2.73. The van der Waals surface area contributed by atoms with Crippen molar-refractivity contribution in [3.05, 3.63) is 77.1 Å². The molecule has 0 N–H and O–H groups in total.